The van der Waals surface area contributed by atoms with E-state index in [9.17, 15) is 4.79 Å². The molecule has 1 N–H and O–H groups in total. The summed E-state index contributed by atoms with van der Waals surface area (Å²) in [5.74, 6) is 0.0338. The third-order valence-corrected chi connectivity index (χ3v) is 4.51. The van der Waals surface area contributed by atoms with Crippen molar-refractivity contribution < 1.29 is 9.90 Å². The van der Waals surface area contributed by atoms with Gasteiger partial charge in [-0.15, -0.1) is 0 Å². The summed E-state index contributed by atoms with van der Waals surface area (Å²) in [6.45, 7) is 0.0252. The molecule has 2 aromatic heterocycles. The second-order valence-corrected chi connectivity index (χ2v) is 6.27. The first-order chi connectivity index (χ1) is 12.8. The highest BCUT2D eigenvalue weighted by Crippen LogP contribution is 2.25. The Morgan fingerprint density at radius 1 is 1.23 bits per heavy atom. The second kappa shape index (κ2) is 7.06. The predicted octanol–water partition coefficient (Wildman–Crippen LogP) is 3.69. The van der Waals surface area contributed by atoms with Gasteiger partial charge in [0.2, 0.25) is 0 Å². The van der Waals surface area contributed by atoms with Crippen LogP contribution in [0.5, 0.6) is 0 Å². The summed E-state index contributed by atoms with van der Waals surface area (Å²) < 4.78 is 2.03. The predicted molar refractivity (Wildman–Crippen MR) is 101 cm³/mol. The van der Waals surface area contributed by atoms with Gasteiger partial charge in [0.1, 0.15) is 0 Å². The van der Waals surface area contributed by atoms with E-state index >= 15 is 0 Å². The number of aliphatic hydroxyl groups excluding tert-OH is 1. The van der Waals surface area contributed by atoms with Crippen molar-refractivity contribution in [2.24, 2.45) is 0 Å². The van der Waals surface area contributed by atoms with Crippen LogP contribution in [0.3, 0.4) is 0 Å². The van der Waals surface area contributed by atoms with Crippen LogP contribution in [0.1, 0.15) is 35.3 Å². The van der Waals surface area contributed by atoms with Crippen LogP contribution in [0.15, 0.2) is 61.1 Å². The number of allylic oxidation sites excluding steroid dienone is 4. The smallest absolute Gasteiger partial charge is 0.162 e. The lowest BCUT2D eigenvalue weighted by molar-refractivity contribution is 0.0971. The van der Waals surface area contributed by atoms with Crippen molar-refractivity contribution >= 4 is 17.0 Å². The summed E-state index contributed by atoms with van der Waals surface area (Å²) >= 11 is 0. The molecule has 0 saturated carbocycles. The van der Waals surface area contributed by atoms with E-state index in [2.05, 4.69) is 28.2 Å². The summed E-state index contributed by atoms with van der Waals surface area (Å²) in [5.41, 5.74) is 5.30. The largest absolute Gasteiger partial charge is 0.396 e. The number of aromatic nitrogens is 3. The molecule has 4 rings (SSSR count). The summed E-state index contributed by atoms with van der Waals surface area (Å²) in [6.07, 6.45) is 13.7. The van der Waals surface area contributed by atoms with Crippen molar-refractivity contribution in [2.45, 2.75) is 19.3 Å². The Balaban J connectivity index is 1.72. The summed E-state index contributed by atoms with van der Waals surface area (Å²) in [4.78, 5) is 21.2. The van der Waals surface area contributed by atoms with Gasteiger partial charge in [0, 0.05) is 30.4 Å². The van der Waals surface area contributed by atoms with Crippen molar-refractivity contribution in [3.05, 3.63) is 72.3 Å². The molecule has 0 atom stereocenters. The molecule has 0 aliphatic heterocycles. The highest BCUT2D eigenvalue weighted by molar-refractivity contribution is 5.97. The Hall–Kier alpha value is -3.05. The maximum absolute atomic E-state index is 12.2. The van der Waals surface area contributed by atoms with E-state index in [1.807, 2.05) is 35.0 Å². The number of aliphatic hydroxyl groups is 1. The molecule has 3 aromatic rings. The van der Waals surface area contributed by atoms with Crippen LogP contribution in [0.2, 0.25) is 0 Å². The molecule has 5 heteroatoms. The maximum atomic E-state index is 12.2. The highest BCUT2D eigenvalue weighted by Gasteiger charge is 2.12. The van der Waals surface area contributed by atoms with Crippen molar-refractivity contribution in [3.63, 3.8) is 0 Å². The maximum Gasteiger partial charge on any atom is 0.162 e. The van der Waals surface area contributed by atoms with Crippen LogP contribution < -0.4 is 0 Å². The average molecular weight is 345 g/mol. The van der Waals surface area contributed by atoms with Crippen molar-refractivity contribution in [1.29, 1.82) is 0 Å². The van der Waals surface area contributed by atoms with Crippen LogP contribution in [0, 0.1) is 0 Å². The Labute approximate surface area is 151 Å². The number of imidazole rings is 1. The molecule has 1 aliphatic carbocycles. The fourth-order valence-corrected chi connectivity index (χ4v) is 3.14. The summed E-state index contributed by atoms with van der Waals surface area (Å²) in [5, 5.41) is 8.91. The minimum absolute atomic E-state index is 0.0252. The fraction of sp³-hybridized carbons (Fsp3) is 0.190. The van der Waals surface area contributed by atoms with E-state index in [4.69, 9.17) is 5.11 Å². The zero-order chi connectivity index (χ0) is 17.9. The van der Waals surface area contributed by atoms with Crippen LogP contribution >= 0.6 is 0 Å². The van der Waals surface area contributed by atoms with Gasteiger partial charge in [0.15, 0.2) is 11.4 Å². The lowest BCUT2D eigenvalue weighted by atomic mass is 10.0. The van der Waals surface area contributed by atoms with Crippen LogP contribution in [0.25, 0.3) is 22.5 Å². The molecular weight excluding hydrogens is 326 g/mol. The van der Waals surface area contributed by atoms with Gasteiger partial charge in [-0.3, -0.25) is 14.2 Å². The van der Waals surface area contributed by atoms with E-state index in [1.165, 1.54) is 0 Å². The zero-order valence-corrected chi connectivity index (χ0v) is 14.3. The van der Waals surface area contributed by atoms with E-state index in [0.29, 0.717) is 18.4 Å². The number of nitrogens with zero attached hydrogens (tertiary/aromatic N) is 3. The molecule has 0 bridgehead atoms. The van der Waals surface area contributed by atoms with Crippen LogP contribution in [0.4, 0.5) is 0 Å². The molecular formula is C21H19N3O2. The molecule has 0 unspecified atom stereocenters. The minimum Gasteiger partial charge on any atom is -0.396 e. The van der Waals surface area contributed by atoms with Crippen LogP contribution in [-0.2, 0) is 0 Å². The molecule has 0 spiro atoms. The monoisotopic (exact) mass is 345 g/mol. The van der Waals surface area contributed by atoms with E-state index < -0.39 is 0 Å². The number of carbonyl (C=O) groups excluding carboxylic acids is 1. The zero-order valence-electron chi connectivity index (χ0n) is 14.3. The van der Waals surface area contributed by atoms with Crippen molar-refractivity contribution in [2.75, 3.05) is 6.61 Å². The Morgan fingerprint density at radius 3 is 2.96 bits per heavy atom. The SMILES string of the molecule is O=C(CCCO)c1cccc(-c2cn3c(C4=CCC=C4)cnc3cn2)c1. The molecule has 2 heterocycles. The number of ketones is 1. The fourth-order valence-electron chi connectivity index (χ4n) is 3.14. The standard InChI is InChI=1S/C21H19N3O2/c25-10-4-9-20(26)17-8-3-7-16(11-17)18-14-24-19(15-5-1-2-6-15)12-23-21(24)13-22-18/h1,3,5-8,11-14,25H,2,4,9-10H2. The number of hydrogen-bond acceptors (Lipinski definition) is 4. The first kappa shape index (κ1) is 16.4. The summed E-state index contributed by atoms with van der Waals surface area (Å²) in [6, 6.07) is 7.48. The van der Waals surface area contributed by atoms with Crippen molar-refractivity contribution in [3.8, 4) is 11.3 Å². The summed E-state index contributed by atoms with van der Waals surface area (Å²) in [7, 11) is 0. The quantitative estimate of drug-likeness (QED) is 0.692. The normalized spacial score (nSPS) is 13.3. The van der Waals surface area contributed by atoms with E-state index in [-0.39, 0.29) is 12.4 Å². The van der Waals surface area contributed by atoms with Gasteiger partial charge >= 0.3 is 0 Å². The molecule has 1 aromatic carbocycles. The third kappa shape index (κ3) is 3.09. The number of Topliss-reactive ketones (excluding diaryl/α,β-unsaturated/α-hetero) is 1. The van der Waals surface area contributed by atoms with Gasteiger partial charge in [-0.1, -0.05) is 36.4 Å². The van der Waals surface area contributed by atoms with E-state index in [1.54, 1.807) is 12.3 Å². The Kier molecular flexibility index (Phi) is 4.46. The molecule has 26 heavy (non-hydrogen) atoms. The topological polar surface area (TPSA) is 67.5 Å². The van der Waals surface area contributed by atoms with Crippen molar-refractivity contribution in [1.82, 2.24) is 14.4 Å². The third-order valence-electron chi connectivity index (χ3n) is 4.51. The number of fused-ring (bicyclic) bond motifs is 1. The van der Waals surface area contributed by atoms with Gasteiger partial charge in [-0.05, 0) is 24.5 Å². The van der Waals surface area contributed by atoms with E-state index in [0.717, 1.165) is 34.6 Å². The number of hydrogen-bond donors (Lipinski definition) is 1. The molecule has 130 valence electrons. The lowest BCUT2D eigenvalue weighted by Crippen LogP contribution is -2.01. The molecule has 0 saturated heterocycles. The molecule has 5 nitrogen and oxygen atoms in total. The van der Waals surface area contributed by atoms with Crippen LogP contribution in [-0.4, -0.2) is 31.9 Å². The first-order valence-electron chi connectivity index (χ1n) is 8.71. The highest BCUT2D eigenvalue weighted by atomic mass is 16.3. The Bertz CT molecular complexity index is 1030. The van der Waals surface area contributed by atoms with Gasteiger partial charge in [0.05, 0.1) is 23.8 Å². The molecule has 0 radical (unpaired) electrons. The minimum atomic E-state index is 0.0252. The molecule has 0 fully saturated rings. The number of benzene rings is 1. The molecule has 1 aliphatic rings. The van der Waals surface area contributed by atoms with Gasteiger partial charge in [0.25, 0.3) is 0 Å². The lowest BCUT2D eigenvalue weighted by Gasteiger charge is -2.07. The molecule has 0 amide bonds. The Morgan fingerprint density at radius 2 is 2.15 bits per heavy atom. The number of carbonyl (C=O) groups is 1. The first-order valence-corrected chi connectivity index (χ1v) is 8.71. The number of rotatable bonds is 6. The second-order valence-electron chi connectivity index (χ2n) is 6.27. The van der Waals surface area contributed by atoms with Gasteiger partial charge in [-0.2, -0.15) is 0 Å². The van der Waals surface area contributed by atoms with Gasteiger partial charge < -0.3 is 5.11 Å². The van der Waals surface area contributed by atoms with Gasteiger partial charge in [-0.25, -0.2) is 4.98 Å². The average Bonchev–Trinajstić information content (AvgIpc) is 3.35.